The van der Waals surface area contributed by atoms with Crippen molar-refractivity contribution in [3.8, 4) is 5.75 Å². The van der Waals surface area contributed by atoms with E-state index >= 15 is 0 Å². The minimum atomic E-state index is -0.571. The minimum Gasteiger partial charge on any atom is -0.410 e. The quantitative estimate of drug-likeness (QED) is 0.738. The molecule has 88 valence electrons. The molecule has 0 saturated carbocycles. The first-order chi connectivity index (χ1) is 8.24. The molecule has 0 fully saturated rings. The van der Waals surface area contributed by atoms with E-state index < -0.39 is 6.09 Å². The fourth-order valence-corrected chi connectivity index (χ4v) is 1.27. The highest BCUT2D eigenvalue weighted by molar-refractivity contribution is 5.70. The number of H-pyrrole nitrogens is 2. The Morgan fingerprint density at radius 2 is 2.00 bits per heavy atom. The second-order valence-electron chi connectivity index (χ2n) is 3.34. The highest BCUT2D eigenvalue weighted by atomic mass is 16.6. The topological polar surface area (TPSA) is 87.0 Å². The molecule has 2 aromatic rings. The molecular formula is C11H11N3O3. The summed E-state index contributed by atoms with van der Waals surface area (Å²) in [4.78, 5) is 22.2. The van der Waals surface area contributed by atoms with Crippen molar-refractivity contribution in [2.24, 2.45) is 0 Å². The van der Waals surface area contributed by atoms with E-state index in [1.807, 2.05) is 6.07 Å². The molecule has 0 spiro atoms. The largest absolute Gasteiger partial charge is 0.412 e. The molecule has 6 heteroatoms. The molecule has 0 bridgehead atoms. The standard InChI is InChI=1S/C11H11N3O3/c15-10-6-8(13-14-10)7-12-11(16)17-9-4-2-1-3-5-9/h1-6H,7H2,(H,12,16)(H2,13,14,15). The van der Waals surface area contributed by atoms with Crippen LogP contribution in [-0.4, -0.2) is 16.3 Å². The average molecular weight is 233 g/mol. The maximum Gasteiger partial charge on any atom is 0.412 e. The minimum absolute atomic E-state index is 0.199. The molecule has 0 atom stereocenters. The molecule has 0 unspecified atom stereocenters. The molecule has 1 aromatic carbocycles. The van der Waals surface area contributed by atoms with Crippen molar-refractivity contribution >= 4 is 6.09 Å². The van der Waals surface area contributed by atoms with E-state index in [1.165, 1.54) is 6.07 Å². The van der Waals surface area contributed by atoms with Gasteiger partial charge in [0.25, 0.3) is 5.56 Å². The first-order valence-electron chi connectivity index (χ1n) is 5.01. The first kappa shape index (κ1) is 11.0. The summed E-state index contributed by atoms with van der Waals surface area (Å²) in [6, 6.07) is 10.1. The predicted molar refractivity (Wildman–Crippen MR) is 60.7 cm³/mol. The zero-order valence-corrected chi connectivity index (χ0v) is 8.90. The van der Waals surface area contributed by atoms with Crippen LogP contribution in [0.3, 0.4) is 0 Å². The van der Waals surface area contributed by atoms with Gasteiger partial charge in [-0.3, -0.25) is 9.89 Å². The number of benzene rings is 1. The second kappa shape index (κ2) is 5.02. The first-order valence-corrected chi connectivity index (χ1v) is 5.01. The number of hydrogen-bond donors (Lipinski definition) is 3. The van der Waals surface area contributed by atoms with Crippen LogP contribution >= 0.6 is 0 Å². The van der Waals surface area contributed by atoms with Crippen molar-refractivity contribution in [1.29, 1.82) is 0 Å². The molecule has 0 saturated heterocycles. The molecule has 3 N–H and O–H groups in total. The van der Waals surface area contributed by atoms with E-state index in [4.69, 9.17) is 4.74 Å². The second-order valence-corrected chi connectivity index (χ2v) is 3.34. The molecule has 0 aliphatic rings. The summed E-state index contributed by atoms with van der Waals surface area (Å²) in [5, 5.41) is 7.50. The number of ether oxygens (including phenoxy) is 1. The molecule has 1 amide bonds. The Kier molecular flexibility index (Phi) is 3.25. The van der Waals surface area contributed by atoms with E-state index in [-0.39, 0.29) is 12.1 Å². The third kappa shape index (κ3) is 3.23. The number of nitrogens with one attached hydrogen (secondary N) is 3. The summed E-state index contributed by atoms with van der Waals surface area (Å²) in [5.74, 6) is 0.465. The molecule has 0 aliphatic carbocycles. The van der Waals surface area contributed by atoms with E-state index in [1.54, 1.807) is 24.3 Å². The van der Waals surface area contributed by atoms with Crippen molar-refractivity contribution in [1.82, 2.24) is 15.5 Å². The van der Waals surface area contributed by atoms with Crippen LogP contribution in [0.2, 0.25) is 0 Å². The maximum absolute atomic E-state index is 11.4. The van der Waals surface area contributed by atoms with Gasteiger partial charge in [0.05, 0.1) is 12.2 Å². The monoisotopic (exact) mass is 233 g/mol. The summed E-state index contributed by atoms with van der Waals surface area (Å²) < 4.78 is 4.99. The smallest absolute Gasteiger partial charge is 0.410 e. The molecule has 1 aromatic heterocycles. The van der Waals surface area contributed by atoms with Crippen molar-refractivity contribution in [3.63, 3.8) is 0 Å². The number of para-hydroxylation sites is 1. The van der Waals surface area contributed by atoms with Gasteiger partial charge in [0.1, 0.15) is 5.75 Å². The fraction of sp³-hybridized carbons (Fsp3) is 0.0909. The van der Waals surface area contributed by atoms with Crippen LogP contribution < -0.4 is 15.6 Å². The molecular weight excluding hydrogens is 222 g/mol. The Bertz CT molecular complexity index is 544. The van der Waals surface area contributed by atoms with Gasteiger partial charge in [-0.15, -0.1) is 0 Å². The zero-order chi connectivity index (χ0) is 12.1. The van der Waals surface area contributed by atoms with Crippen LogP contribution in [0.5, 0.6) is 5.75 Å². The van der Waals surface area contributed by atoms with E-state index in [2.05, 4.69) is 15.5 Å². The van der Waals surface area contributed by atoms with Crippen LogP contribution in [0.4, 0.5) is 4.79 Å². The SMILES string of the molecule is O=C(NCc1cc(=O)[nH][nH]1)Oc1ccccc1. The highest BCUT2D eigenvalue weighted by Crippen LogP contribution is 2.08. The Morgan fingerprint density at radius 3 is 2.65 bits per heavy atom. The number of rotatable bonds is 3. The lowest BCUT2D eigenvalue weighted by molar-refractivity contribution is 0.200. The van der Waals surface area contributed by atoms with Gasteiger partial charge in [-0.25, -0.2) is 4.79 Å². The number of carbonyl (C=O) groups is 1. The van der Waals surface area contributed by atoms with Crippen LogP contribution in [0.15, 0.2) is 41.2 Å². The molecule has 0 aliphatic heterocycles. The van der Waals surface area contributed by atoms with Gasteiger partial charge in [0.2, 0.25) is 0 Å². The number of amides is 1. The third-order valence-corrected chi connectivity index (χ3v) is 2.03. The van der Waals surface area contributed by atoms with Crippen LogP contribution in [0.1, 0.15) is 5.69 Å². The van der Waals surface area contributed by atoms with Crippen LogP contribution in [-0.2, 0) is 6.54 Å². The Labute approximate surface area is 96.6 Å². The average Bonchev–Trinajstić information content (AvgIpc) is 2.74. The summed E-state index contributed by atoms with van der Waals surface area (Å²) in [7, 11) is 0. The van der Waals surface area contributed by atoms with E-state index in [0.717, 1.165) is 0 Å². The van der Waals surface area contributed by atoms with Crippen molar-refractivity contribution in [3.05, 3.63) is 52.4 Å². The highest BCUT2D eigenvalue weighted by Gasteiger charge is 2.04. The predicted octanol–water partition coefficient (Wildman–Crippen LogP) is 0.992. The summed E-state index contributed by atoms with van der Waals surface area (Å²) in [5.41, 5.74) is 0.346. The lowest BCUT2D eigenvalue weighted by atomic mass is 10.3. The van der Waals surface area contributed by atoms with Crippen LogP contribution in [0.25, 0.3) is 0 Å². The molecule has 2 rings (SSSR count). The van der Waals surface area contributed by atoms with E-state index in [9.17, 15) is 9.59 Å². The van der Waals surface area contributed by atoms with Gasteiger partial charge in [-0.1, -0.05) is 18.2 Å². The fourth-order valence-electron chi connectivity index (χ4n) is 1.27. The van der Waals surface area contributed by atoms with Gasteiger partial charge in [0, 0.05) is 6.07 Å². The number of aromatic amines is 2. The Balaban J connectivity index is 1.84. The molecule has 1 heterocycles. The summed E-state index contributed by atoms with van der Waals surface area (Å²) >= 11 is 0. The van der Waals surface area contributed by atoms with Gasteiger partial charge in [-0.05, 0) is 12.1 Å². The van der Waals surface area contributed by atoms with Crippen LogP contribution in [0, 0.1) is 0 Å². The van der Waals surface area contributed by atoms with Crippen molar-refractivity contribution < 1.29 is 9.53 Å². The Hall–Kier alpha value is -2.50. The lowest BCUT2D eigenvalue weighted by Crippen LogP contribution is -2.26. The molecule has 0 radical (unpaired) electrons. The lowest BCUT2D eigenvalue weighted by Gasteiger charge is -2.04. The molecule has 17 heavy (non-hydrogen) atoms. The summed E-state index contributed by atoms with van der Waals surface area (Å²) in [6.45, 7) is 0.199. The van der Waals surface area contributed by atoms with Gasteiger partial charge in [0.15, 0.2) is 0 Å². The van der Waals surface area contributed by atoms with Gasteiger partial charge in [-0.2, -0.15) is 0 Å². The Morgan fingerprint density at radius 1 is 1.24 bits per heavy atom. The number of aromatic nitrogens is 2. The normalized spacial score (nSPS) is 9.88. The third-order valence-electron chi connectivity index (χ3n) is 2.03. The van der Waals surface area contributed by atoms with Crippen molar-refractivity contribution in [2.45, 2.75) is 6.54 Å². The summed E-state index contributed by atoms with van der Waals surface area (Å²) in [6.07, 6.45) is -0.571. The van der Waals surface area contributed by atoms with Gasteiger partial charge < -0.3 is 15.2 Å². The van der Waals surface area contributed by atoms with E-state index in [0.29, 0.717) is 11.4 Å². The number of hydrogen-bond acceptors (Lipinski definition) is 3. The zero-order valence-electron chi connectivity index (χ0n) is 8.90. The number of carbonyl (C=O) groups excluding carboxylic acids is 1. The van der Waals surface area contributed by atoms with Gasteiger partial charge >= 0.3 is 6.09 Å². The maximum atomic E-state index is 11.4. The molecule has 6 nitrogen and oxygen atoms in total. The van der Waals surface area contributed by atoms with Crippen molar-refractivity contribution in [2.75, 3.05) is 0 Å².